The van der Waals surface area contributed by atoms with Crippen molar-refractivity contribution >= 4 is 76.1 Å². The second-order valence-corrected chi connectivity index (χ2v) is 18.8. The van der Waals surface area contributed by atoms with Crippen LogP contribution < -0.4 is 0 Å². The van der Waals surface area contributed by atoms with Crippen LogP contribution in [0.25, 0.3) is 110 Å². The number of pyridine rings is 1. The number of hydrogen-bond donors (Lipinski definition) is 0. The number of nitriles is 1. The van der Waals surface area contributed by atoms with Crippen molar-refractivity contribution in [1.29, 1.82) is 5.26 Å². The van der Waals surface area contributed by atoms with Gasteiger partial charge in [-0.05, 0) is 56.9 Å². The Balaban J connectivity index is 0.000000308. The lowest BCUT2D eigenvalue weighted by molar-refractivity contribution is 0.669. The molecule has 9 nitrogen and oxygen atoms in total. The summed E-state index contributed by atoms with van der Waals surface area (Å²) in [7, 11) is 0. The third-order valence-electron chi connectivity index (χ3n) is 13.2. The predicted molar refractivity (Wildman–Crippen MR) is 425 cm³/mol. The maximum atomic E-state index is 7.32. The summed E-state index contributed by atoms with van der Waals surface area (Å²) >= 11 is 0. The van der Waals surface area contributed by atoms with Gasteiger partial charge in [0.25, 0.3) is 0 Å². The summed E-state index contributed by atoms with van der Waals surface area (Å²) < 4.78 is 5.65. The second-order valence-electron chi connectivity index (χ2n) is 18.8. The average Bonchev–Trinajstić information content (AvgIpc) is 0.957. The molecule has 0 aliphatic carbocycles. The predicted octanol–water partition coefficient (Wildman–Crippen LogP) is 26.3. The summed E-state index contributed by atoms with van der Waals surface area (Å²) in [5.74, 6) is 1.37. The molecular formula is C89H98N8O. The van der Waals surface area contributed by atoms with Crippen LogP contribution in [0.5, 0.6) is 0 Å². The van der Waals surface area contributed by atoms with E-state index in [1.165, 1.54) is 85.3 Å². The number of fused-ring (bicyclic) bond motifs is 10. The quantitative estimate of drug-likeness (QED) is 0.125. The molecule has 0 spiro atoms. The van der Waals surface area contributed by atoms with Crippen molar-refractivity contribution in [2.75, 3.05) is 0 Å². The van der Waals surface area contributed by atoms with Crippen molar-refractivity contribution in [2.45, 2.75) is 104 Å². The smallest absolute Gasteiger partial charge is 0.163 e. The van der Waals surface area contributed by atoms with Crippen molar-refractivity contribution in [3.63, 3.8) is 0 Å². The van der Waals surface area contributed by atoms with Gasteiger partial charge >= 0.3 is 0 Å². The second kappa shape index (κ2) is 49.9. The van der Waals surface area contributed by atoms with Gasteiger partial charge in [-0.3, -0.25) is 0 Å². The molecule has 0 amide bonds. The van der Waals surface area contributed by atoms with Gasteiger partial charge in [-0.2, -0.15) is 5.26 Å². The highest BCUT2D eigenvalue weighted by Gasteiger charge is 2.09. The van der Waals surface area contributed by atoms with E-state index in [4.69, 9.17) is 14.7 Å². The van der Waals surface area contributed by atoms with Crippen LogP contribution >= 0.6 is 0 Å². The number of hydrogen-bond acceptors (Lipinski definition) is 9. The number of benzene rings is 12. The standard InChI is InChI=1S/C21H15N3.C21H13N.C12H8O.C10H8.C6H6.C3H3N3.C2H3N.7C2H6/c1-3-8-16(9-4-1)18-12-7-13-19(14-18)21-23-15-22-20(24-21)17-10-5-2-6-11-17;1-3-7-18-14(5-1)9-11-16-13-17-12-10-15-6-2-4-8-19(15)21(17)22-20(16)18;1-3-7-11-9(5-1)10-6-2-4-8-12(10)13-11;1-2-6-10-8-4-3-7-9(10)5-1;1-2-4-6-5-3-1;1-4-2-6-3-5-1;1-2-3;7*1-2/h1-15H;1-13H;1-8H;1-8H;1-6H;1-3H;1H3;7*1-2H3. The first-order valence-corrected chi connectivity index (χ1v) is 34.3. The zero-order chi connectivity index (χ0) is 71.4. The van der Waals surface area contributed by atoms with E-state index in [9.17, 15) is 0 Å². The van der Waals surface area contributed by atoms with E-state index in [0.717, 1.165) is 38.9 Å². The van der Waals surface area contributed by atoms with Gasteiger partial charge in [0.2, 0.25) is 0 Å². The van der Waals surface area contributed by atoms with Crippen molar-refractivity contribution < 1.29 is 4.42 Å². The van der Waals surface area contributed by atoms with Crippen LogP contribution in [-0.4, -0.2) is 34.9 Å². The van der Waals surface area contributed by atoms with Gasteiger partial charge in [-0.15, -0.1) is 0 Å². The summed E-state index contributed by atoms with van der Waals surface area (Å²) in [5, 5.41) is 19.6. The minimum Gasteiger partial charge on any atom is -0.456 e. The first kappa shape index (κ1) is 80.6. The van der Waals surface area contributed by atoms with Crippen molar-refractivity contribution in [3.05, 3.63) is 323 Å². The molecule has 12 aromatic carbocycles. The molecule has 98 heavy (non-hydrogen) atoms. The lowest BCUT2D eigenvalue weighted by Crippen LogP contribution is -1.95. The van der Waals surface area contributed by atoms with E-state index in [2.05, 4.69) is 194 Å². The molecule has 0 aliphatic rings. The van der Waals surface area contributed by atoms with E-state index in [0.29, 0.717) is 11.6 Å². The fourth-order valence-electron chi connectivity index (χ4n) is 9.33. The molecule has 0 atom stereocenters. The molecule has 9 heteroatoms. The molecule has 0 N–H and O–H groups in total. The molecule has 0 saturated heterocycles. The highest BCUT2D eigenvalue weighted by molar-refractivity contribution is 6.13. The molecular weight excluding hydrogens is 1200 g/mol. The third-order valence-corrected chi connectivity index (χ3v) is 13.2. The molecule has 16 aromatic rings. The van der Waals surface area contributed by atoms with Crippen LogP contribution in [0.15, 0.2) is 327 Å². The lowest BCUT2D eigenvalue weighted by Gasteiger charge is -2.07. The highest BCUT2D eigenvalue weighted by atomic mass is 16.3. The van der Waals surface area contributed by atoms with Crippen LogP contribution in [0.2, 0.25) is 0 Å². The largest absolute Gasteiger partial charge is 0.456 e. The van der Waals surface area contributed by atoms with E-state index < -0.39 is 0 Å². The molecule has 0 fully saturated rings. The van der Waals surface area contributed by atoms with Gasteiger partial charge in [-0.25, -0.2) is 34.9 Å². The minimum atomic E-state index is 0.682. The van der Waals surface area contributed by atoms with Crippen LogP contribution in [0.3, 0.4) is 0 Å². The number of nitrogens with zero attached hydrogens (tertiary/aromatic N) is 8. The maximum absolute atomic E-state index is 7.32. The molecule has 0 aliphatic heterocycles. The third kappa shape index (κ3) is 25.3. The van der Waals surface area contributed by atoms with E-state index in [-0.39, 0.29) is 0 Å². The molecule has 4 heterocycles. The van der Waals surface area contributed by atoms with Crippen LogP contribution in [0.1, 0.15) is 104 Å². The van der Waals surface area contributed by atoms with Crippen molar-refractivity contribution in [1.82, 2.24) is 34.9 Å². The minimum absolute atomic E-state index is 0.682. The molecule has 0 unspecified atom stereocenters. The summed E-state index contributed by atoms with van der Waals surface area (Å²) in [6, 6.07) is 103. The van der Waals surface area contributed by atoms with Crippen molar-refractivity contribution in [2.24, 2.45) is 0 Å². The first-order valence-electron chi connectivity index (χ1n) is 34.3. The fraction of sp³-hybridized carbons (Fsp3) is 0.169. The van der Waals surface area contributed by atoms with E-state index >= 15 is 0 Å². The monoisotopic (exact) mass is 1290 g/mol. The van der Waals surface area contributed by atoms with Crippen LogP contribution in [0, 0.1) is 11.3 Å². The van der Waals surface area contributed by atoms with Crippen LogP contribution in [0.4, 0.5) is 0 Å². The molecule has 16 rings (SSSR count). The summed E-state index contributed by atoms with van der Waals surface area (Å²) in [4.78, 5) is 29.0. The lowest BCUT2D eigenvalue weighted by atomic mass is 10.0. The van der Waals surface area contributed by atoms with Gasteiger partial charge in [0.05, 0.1) is 17.1 Å². The Hall–Kier alpha value is -11.6. The fourth-order valence-corrected chi connectivity index (χ4v) is 9.33. The van der Waals surface area contributed by atoms with Crippen LogP contribution in [-0.2, 0) is 0 Å². The Bertz CT molecular complexity index is 4340. The average molecular weight is 1300 g/mol. The topological polar surface area (TPSA) is 127 Å². The highest BCUT2D eigenvalue weighted by Crippen LogP contribution is 2.32. The van der Waals surface area contributed by atoms with Gasteiger partial charge in [-0.1, -0.05) is 370 Å². The molecule has 0 bridgehead atoms. The van der Waals surface area contributed by atoms with Gasteiger partial charge in [0.15, 0.2) is 11.6 Å². The van der Waals surface area contributed by atoms with E-state index in [1.807, 2.05) is 230 Å². The Morgan fingerprint density at radius 2 is 0.551 bits per heavy atom. The molecule has 500 valence electrons. The van der Waals surface area contributed by atoms with Gasteiger partial charge in [0.1, 0.15) is 36.5 Å². The Kier molecular flexibility index (Phi) is 41.1. The summed E-state index contributed by atoms with van der Waals surface area (Å²) in [6.07, 6.45) is 5.88. The summed E-state index contributed by atoms with van der Waals surface area (Å²) in [6.45, 7) is 29.4. The van der Waals surface area contributed by atoms with E-state index in [1.54, 1.807) is 12.4 Å². The zero-order valence-corrected chi connectivity index (χ0v) is 60.1. The maximum Gasteiger partial charge on any atom is 0.163 e. The summed E-state index contributed by atoms with van der Waals surface area (Å²) in [5.41, 5.74) is 8.39. The Labute approximate surface area is 583 Å². The molecule has 0 radical (unpaired) electrons. The SMILES string of the molecule is CC.CC.CC.CC.CC.CC.CC.CC#N.c1ccc(-c2cccc(-c3ncnc(-c4ccccc4)n3)c2)cc1.c1ccc2c(c1)ccc1cc3ccc4ccccc4c3nc12.c1ccc2c(c1)oc1ccccc12.c1ccc2ccccc2c1.c1ccccc1.c1ncncn1. The normalized spacial score (nSPS) is 9.16. The zero-order valence-electron chi connectivity index (χ0n) is 60.1. The number of rotatable bonds is 3. The number of aromatic nitrogens is 7. The first-order chi connectivity index (χ1) is 48.6. The van der Waals surface area contributed by atoms with Gasteiger partial charge in [0, 0.05) is 50.4 Å². The Morgan fingerprint density at radius 3 is 0.949 bits per heavy atom. The van der Waals surface area contributed by atoms with Gasteiger partial charge < -0.3 is 4.42 Å². The molecule has 0 saturated carbocycles. The van der Waals surface area contributed by atoms with Crippen molar-refractivity contribution in [3.8, 4) is 40.0 Å². The Morgan fingerprint density at radius 1 is 0.255 bits per heavy atom. The number of para-hydroxylation sites is 2. The number of furan rings is 1. The molecule has 4 aromatic heterocycles.